The van der Waals surface area contributed by atoms with E-state index < -0.39 is 11.7 Å². The van der Waals surface area contributed by atoms with Crippen molar-refractivity contribution in [2.45, 2.75) is 0 Å². The lowest BCUT2D eigenvalue weighted by atomic mass is 10.1. The molecule has 2 aromatic rings. The fourth-order valence-corrected chi connectivity index (χ4v) is 1.82. The minimum atomic E-state index is -0.574. The third-order valence-corrected chi connectivity index (χ3v) is 2.91. The number of hydrogen-bond donors (Lipinski definition) is 3. The van der Waals surface area contributed by atoms with Crippen LogP contribution in [0, 0.1) is 0 Å². The zero-order valence-corrected chi connectivity index (χ0v) is 11.6. The van der Waals surface area contributed by atoms with E-state index in [9.17, 15) is 15.0 Å². The highest BCUT2D eigenvalue weighted by Gasteiger charge is 2.16. The largest absolute Gasteiger partial charge is 0.504 e. The Morgan fingerprint density at radius 1 is 1.10 bits per heavy atom. The summed E-state index contributed by atoms with van der Waals surface area (Å²) >= 11 is 0. The molecule has 0 bridgehead atoms. The van der Waals surface area contributed by atoms with E-state index in [2.05, 4.69) is 5.32 Å². The van der Waals surface area contributed by atoms with E-state index in [1.807, 2.05) is 0 Å². The molecule has 6 heteroatoms. The Kier molecular flexibility index (Phi) is 4.18. The molecule has 0 aliphatic carbocycles. The van der Waals surface area contributed by atoms with E-state index in [-0.39, 0.29) is 11.3 Å². The number of amides is 1. The van der Waals surface area contributed by atoms with Crippen LogP contribution in [0.3, 0.4) is 0 Å². The Bertz CT molecular complexity index is 669. The SMILES string of the molecule is COc1ccc(OC)c(NC(=O)c2cccc(O)c2O)c1. The number of carbonyl (C=O) groups excluding carboxylic acids is 1. The van der Waals surface area contributed by atoms with Gasteiger partial charge in [-0.3, -0.25) is 4.79 Å². The first kappa shape index (κ1) is 14.5. The van der Waals surface area contributed by atoms with Crippen LogP contribution >= 0.6 is 0 Å². The number of benzene rings is 2. The molecule has 0 aliphatic rings. The molecule has 1 amide bonds. The van der Waals surface area contributed by atoms with Gasteiger partial charge in [0, 0.05) is 6.07 Å². The summed E-state index contributed by atoms with van der Waals surface area (Å²) in [7, 11) is 2.98. The predicted molar refractivity (Wildman–Crippen MR) is 77.3 cm³/mol. The third kappa shape index (κ3) is 3.00. The normalized spacial score (nSPS) is 10.0. The van der Waals surface area contributed by atoms with Crippen molar-refractivity contribution in [3.63, 3.8) is 0 Å². The van der Waals surface area contributed by atoms with Crippen molar-refractivity contribution in [1.82, 2.24) is 0 Å². The minimum absolute atomic E-state index is 0.0418. The first-order chi connectivity index (χ1) is 10.1. The number of anilines is 1. The van der Waals surface area contributed by atoms with E-state index in [4.69, 9.17) is 9.47 Å². The number of hydrogen-bond acceptors (Lipinski definition) is 5. The van der Waals surface area contributed by atoms with Gasteiger partial charge in [-0.2, -0.15) is 0 Å². The van der Waals surface area contributed by atoms with E-state index in [1.165, 1.54) is 32.4 Å². The van der Waals surface area contributed by atoms with Crippen LogP contribution < -0.4 is 14.8 Å². The number of methoxy groups -OCH3 is 2. The summed E-state index contributed by atoms with van der Waals surface area (Å²) in [4.78, 5) is 12.2. The van der Waals surface area contributed by atoms with Crippen molar-refractivity contribution in [3.8, 4) is 23.0 Å². The molecule has 0 aromatic heterocycles. The number of ether oxygens (including phenoxy) is 2. The summed E-state index contributed by atoms with van der Waals surface area (Å²) in [5, 5.41) is 21.7. The number of para-hydroxylation sites is 1. The zero-order chi connectivity index (χ0) is 15.4. The summed E-state index contributed by atoms with van der Waals surface area (Å²) < 4.78 is 10.2. The van der Waals surface area contributed by atoms with Gasteiger partial charge in [0.15, 0.2) is 11.5 Å². The Morgan fingerprint density at radius 3 is 2.52 bits per heavy atom. The molecule has 0 aliphatic heterocycles. The summed E-state index contributed by atoms with van der Waals surface area (Å²) in [6.07, 6.45) is 0. The maximum Gasteiger partial charge on any atom is 0.259 e. The molecule has 0 spiro atoms. The monoisotopic (exact) mass is 289 g/mol. The zero-order valence-electron chi connectivity index (χ0n) is 11.6. The molecule has 0 saturated carbocycles. The van der Waals surface area contributed by atoms with Gasteiger partial charge in [-0.25, -0.2) is 0 Å². The molecule has 2 rings (SSSR count). The van der Waals surface area contributed by atoms with E-state index in [1.54, 1.807) is 18.2 Å². The van der Waals surface area contributed by atoms with Gasteiger partial charge in [0.1, 0.15) is 11.5 Å². The molecule has 0 radical (unpaired) electrons. The fraction of sp³-hybridized carbons (Fsp3) is 0.133. The maximum atomic E-state index is 12.2. The Morgan fingerprint density at radius 2 is 1.86 bits per heavy atom. The van der Waals surface area contributed by atoms with Gasteiger partial charge in [-0.15, -0.1) is 0 Å². The molecular formula is C15H15NO5. The van der Waals surface area contributed by atoms with Crippen LogP contribution in [0.5, 0.6) is 23.0 Å². The first-order valence-corrected chi connectivity index (χ1v) is 6.11. The van der Waals surface area contributed by atoms with Crippen molar-refractivity contribution >= 4 is 11.6 Å². The molecule has 0 unspecified atom stereocenters. The quantitative estimate of drug-likeness (QED) is 0.752. The lowest BCUT2D eigenvalue weighted by molar-refractivity contribution is 0.102. The van der Waals surface area contributed by atoms with Crippen LogP contribution in [0.2, 0.25) is 0 Å². The average molecular weight is 289 g/mol. The predicted octanol–water partition coefficient (Wildman–Crippen LogP) is 2.37. The summed E-state index contributed by atoms with van der Waals surface area (Å²) in [5.41, 5.74) is 0.351. The van der Waals surface area contributed by atoms with Crippen LogP contribution in [-0.2, 0) is 0 Å². The lowest BCUT2D eigenvalue weighted by Gasteiger charge is -2.12. The van der Waals surface area contributed by atoms with E-state index in [0.717, 1.165) is 0 Å². The molecule has 0 heterocycles. The van der Waals surface area contributed by atoms with Gasteiger partial charge in [-0.05, 0) is 24.3 Å². The standard InChI is InChI=1S/C15H15NO5/c1-20-9-6-7-13(21-2)11(8-9)16-15(19)10-4-3-5-12(17)14(10)18/h3-8,17-18H,1-2H3,(H,16,19). The molecule has 0 saturated heterocycles. The number of carbonyl (C=O) groups is 1. The van der Waals surface area contributed by atoms with E-state index >= 15 is 0 Å². The van der Waals surface area contributed by atoms with Crippen LogP contribution in [0.15, 0.2) is 36.4 Å². The molecule has 2 aromatic carbocycles. The molecule has 21 heavy (non-hydrogen) atoms. The molecule has 0 atom stereocenters. The fourth-order valence-electron chi connectivity index (χ4n) is 1.82. The Hall–Kier alpha value is -2.89. The van der Waals surface area contributed by atoms with Crippen LogP contribution in [0.25, 0.3) is 0 Å². The average Bonchev–Trinajstić information content (AvgIpc) is 2.49. The Labute approximate surface area is 121 Å². The number of nitrogens with one attached hydrogen (secondary N) is 1. The lowest BCUT2D eigenvalue weighted by Crippen LogP contribution is -2.13. The highest BCUT2D eigenvalue weighted by atomic mass is 16.5. The van der Waals surface area contributed by atoms with Crippen molar-refractivity contribution < 1.29 is 24.5 Å². The molecular weight excluding hydrogens is 274 g/mol. The number of phenolic OH excluding ortho intramolecular Hbond substituents is 2. The third-order valence-electron chi connectivity index (χ3n) is 2.91. The van der Waals surface area contributed by atoms with Crippen LogP contribution in [-0.4, -0.2) is 30.3 Å². The highest BCUT2D eigenvalue weighted by Crippen LogP contribution is 2.32. The second-order valence-corrected chi connectivity index (χ2v) is 4.19. The van der Waals surface area contributed by atoms with E-state index in [0.29, 0.717) is 17.2 Å². The van der Waals surface area contributed by atoms with Gasteiger partial charge in [-0.1, -0.05) is 6.07 Å². The second kappa shape index (κ2) is 6.04. The van der Waals surface area contributed by atoms with Crippen LogP contribution in [0.1, 0.15) is 10.4 Å². The van der Waals surface area contributed by atoms with Gasteiger partial charge < -0.3 is 25.0 Å². The summed E-state index contributed by atoms with van der Waals surface area (Å²) in [6.45, 7) is 0. The maximum absolute atomic E-state index is 12.2. The van der Waals surface area contributed by atoms with Gasteiger partial charge >= 0.3 is 0 Å². The topological polar surface area (TPSA) is 88.0 Å². The first-order valence-electron chi connectivity index (χ1n) is 6.11. The van der Waals surface area contributed by atoms with Gasteiger partial charge in [0.25, 0.3) is 5.91 Å². The molecule has 110 valence electrons. The smallest absolute Gasteiger partial charge is 0.259 e. The number of phenols is 2. The van der Waals surface area contributed by atoms with Crippen molar-refractivity contribution in [3.05, 3.63) is 42.0 Å². The molecule has 0 fully saturated rings. The van der Waals surface area contributed by atoms with Gasteiger partial charge in [0.2, 0.25) is 0 Å². The minimum Gasteiger partial charge on any atom is -0.504 e. The van der Waals surface area contributed by atoms with Crippen molar-refractivity contribution in [1.29, 1.82) is 0 Å². The summed E-state index contributed by atoms with van der Waals surface area (Å²) in [5.74, 6) is -0.415. The number of aromatic hydroxyl groups is 2. The molecule has 6 nitrogen and oxygen atoms in total. The van der Waals surface area contributed by atoms with Gasteiger partial charge in [0.05, 0.1) is 25.5 Å². The van der Waals surface area contributed by atoms with Crippen molar-refractivity contribution in [2.75, 3.05) is 19.5 Å². The molecule has 3 N–H and O–H groups in total. The van der Waals surface area contributed by atoms with Crippen molar-refractivity contribution in [2.24, 2.45) is 0 Å². The second-order valence-electron chi connectivity index (χ2n) is 4.19. The number of rotatable bonds is 4. The highest BCUT2D eigenvalue weighted by molar-refractivity contribution is 6.07. The van der Waals surface area contributed by atoms with Crippen LogP contribution in [0.4, 0.5) is 5.69 Å². The summed E-state index contributed by atoms with van der Waals surface area (Å²) in [6, 6.07) is 9.09. The Balaban J connectivity index is 2.33.